The molecule has 0 saturated carbocycles. The predicted octanol–water partition coefficient (Wildman–Crippen LogP) is 11.6. The summed E-state index contributed by atoms with van der Waals surface area (Å²) in [7, 11) is 0. The first-order chi connectivity index (χ1) is 24.8. The summed E-state index contributed by atoms with van der Waals surface area (Å²) < 4.78 is 0. The second kappa shape index (κ2) is 12.7. The van der Waals surface area contributed by atoms with Crippen LogP contribution in [0.5, 0.6) is 0 Å². The largest absolute Gasteiger partial charge is 0.264 e. The first-order valence-electron chi connectivity index (χ1n) is 16.7. The summed E-state index contributed by atoms with van der Waals surface area (Å²) in [5, 5.41) is 4.74. The Morgan fingerprint density at radius 1 is 0.280 bits per heavy atom. The van der Waals surface area contributed by atoms with Crippen LogP contribution in [0.2, 0.25) is 0 Å². The molecule has 50 heavy (non-hydrogen) atoms. The van der Waals surface area contributed by atoms with Crippen molar-refractivity contribution in [1.29, 1.82) is 0 Å². The van der Waals surface area contributed by atoms with Crippen LogP contribution in [0.25, 0.3) is 89.1 Å². The Labute approximate surface area is 290 Å². The van der Waals surface area contributed by atoms with E-state index in [2.05, 4.69) is 132 Å². The average molecular weight is 639 g/mol. The molecule has 234 valence electrons. The van der Waals surface area contributed by atoms with Crippen molar-refractivity contribution in [3.05, 3.63) is 182 Å². The minimum atomic E-state index is 0.628. The van der Waals surface area contributed by atoms with Crippen molar-refractivity contribution in [2.45, 2.75) is 0 Å². The third kappa shape index (κ3) is 5.39. The number of fused-ring (bicyclic) bond motifs is 2. The molecule has 0 fully saturated rings. The zero-order valence-corrected chi connectivity index (χ0v) is 27.1. The third-order valence-electron chi connectivity index (χ3n) is 9.21. The smallest absolute Gasteiger partial charge is 0.164 e. The molecule has 0 aliphatic carbocycles. The van der Waals surface area contributed by atoms with Gasteiger partial charge in [-0.15, -0.1) is 0 Å². The molecule has 0 aliphatic rings. The van der Waals surface area contributed by atoms with E-state index in [1.807, 2.05) is 54.9 Å². The maximum atomic E-state index is 5.09. The van der Waals surface area contributed by atoms with E-state index < -0.39 is 0 Å². The Morgan fingerprint density at radius 3 is 1.24 bits per heavy atom. The Bertz CT molecular complexity index is 2560. The van der Waals surface area contributed by atoms with Gasteiger partial charge in [-0.1, -0.05) is 158 Å². The van der Waals surface area contributed by atoms with Crippen LogP contribution >= 0.6 is 0 Å². The van der Waals surface area contributed by atoms with Crippen LogP contribution in [-0.2, 0) is 0 Å². The van der Waals surface area contributed by atoms with E-state index in [1.54, 1.807) is 0 Å². The maximum Gasteiger partial charge on any atom is 0.164 e. The summed E-state index contributed by atoms with van der Waals surface area (Å²) in [6, 6.07) is 59.0. The van der Waals surface area contributed by atoms with Gasteiger partial charge in [0.15, 0.2) is 17.5 Å². The van der Waals surface area contributed by atoms with Crippen LogP contribution < -0.4 is 0 Å². The molecule has 0 amide bonds. The van der Waals surface area contributed by atoms with E-state index in [0.717, 1.165) is 33.4 Å². The predicted molar refractivity (Wildman–Crippen MR) is 205 cm³/mol. The van der Waals surface area contributed by atoms with Crippen LogP contribution in [0.4, 0.5) is 0 Å². The molecule has 0 N–H and O–H groups in total. The second-order valence-electron chi connectivity index (χ2n) is 12.3. The molecule has 2 heterocycles. The fourth-order valence-corrected chi connectivity index (χ4v) is 6.87. The standard InChI is InChI=1S/C46H30N4/c1-3-13-31(14-4-1)32-24-26-34(27-25-32)45-48-44(33-15-5-2-6-16-33)49-46(50-45)36-18-11-17-35(29-36)42-38-20-7-9-22-40(38)43(37-19-12-28-47-30-37)41-23-10-8-21-39(41)42/h1-30H. The van der Waals surface area contributed by atoms with Crippen LogP contribution in [0.1, 0.15) is 0 Å². The summed E-state index contributed by atoms with van der Waals surface area (Å²) >= 11 is 0. The maximum absolute atomic E-state index is 5.09. The van der Waals surface area contributed by atoms with Crippen molar-refractivity contribution in [3.63, 3.8) is 0 Å². The fourth-order valence-electron chi connectivity index (χ4n) is 6.87. The number of hydrogen-bond donors (Lipinski definition) is 0. The van der Waals surface area contributed by atoms with E-state index in [4.69, 9.17) is 15.0 Å². The molecule has 9 aromatic rings. The Morgan fingerprint density at radius 2 is 0.680 bits per heavy atom. The SMILES string of the molecule is c1ccc(-c2ccc(-c3nc(-c4ccccc4)nc(-c4cccc(-c5c6ccccc6c(-c6cccnc6)c6ccccc56)c4)n3)cc2)cc1. The van der Waals surface area contributed by atoms with Gasteiger partial charge in [-0.2, -0.15) is 0 Å². The number of rotatable bonds is 6. The minimum absolute atomic E-state index is 0.628. The molecule has 0 aliphatic heterocycles. The van der Waals surface area contributed by atoms with E-state index in [1.165, 1.54) is 38.2 Å². The molecule has 0 atom stereocenters. The van der Waals surface area contributed by atoms with Crippen LogP contribution in [0.3, 0.4) is 0 Å². The number of nitrogens with zero attached hydrogens (tertiary/aromatic N) is 4. The topological polar surface area (TPSA) is 51.6 Å². The lowest BCUT2D eigenvalue weighted by Gasteiger charge is -2.18. The number of benzene rings is 7. The van der Waals surface area contributed by atoms with E-state index >= 15 is 0 Å². The number of pyridine rings is 1. The van der Waals surface area contributed by atoms with Crippen LogP contribution in [0, 0.1) is 0 Å². The zero-order valence-electron chi connectivity index (χ0n) is 27.1. The second-order valence-corrected chi connectivity index (χ2v) is 12.3. The number of aromatic nitrogens is 4. The van der Waals surface area contributed by atoms with Gasteiger partial charge in [0.1, 0.15) is 0 Å². The Kier molecular flexibility index (Phi) is 7.45. The highest BCUT2D eigenvalue weighted by Gasteiger charge is 2.18. The molecule has 4 heteroatoms. The van der Waals surface area contributed by atoms with E-state index in [0.29, 0.717) is 17.5 Å². The quantitative estimate of drug-likeness (QED) is 0.170. The summed E-state index contributed by atoms with van der Waals surface area (Å²) in [5.74, 6) is 1.90. The summed E-state index contributed by atoms with van der Waals surface area (Å²) in [6.45, 7) is 0. The zero-order chi connectivity index (χ0) is 33.3. The molecule has 0 spiro atoms. The first kappa shape index (κ1) is 29.4. The van der Waals surface area contributed by atoms with Gasteiger partial charge in [0, 0.05) is 34.6 Å². The van der Waals surface area contributed by atoms with Gasteiger partial charge >= 0.3 is 0 Å². The molecule has 0 unspecified atom stereocenters. The summed E-state index contributed by atoms with van der Waals surface area (Å²) in [4.78, 5) is 19.6. The molecule has 4 nitrogen and oxygen atoms in total. The highest BCUT2D eigenvalue weighted by atomic mass is 15.0. The summed E-state index contributed by atoms with van der Waals surface area (Å²) in [5.41, 5.74) is 9.69. The Hall–Kier alpha value is -6.78. The van der Waals surface area contributed by atoms with Crippen molar-refractivity contribution in [2.24, 2.45) is 0 Å². The number of hydrogen-bond acceptors (Lipinski definition) is 4. The normalized spacial score (nSPS) is 11.2. The Balaban J connectivity index is 1.22. The molecule has 0 bridgehead atoms. The van der Waals surface area contributed by atoms with Gasteiger partial charge in [-0.3, -0.25) is 4.98 Å². The van der Waals surface area contributed by atoms with E-state index in [9.17, 15) is 0 Å². The van der Waals surface area contributed by atoms with Gasteiger partial charge in [0.2, 0.25) is 0 Å². The van der Waals surface area contributed by atoms with Crippen molar-refractivity contribution in [3.8, 4) is 67.5 Å². The fraction of sp³-hybridized carbons (Fsp3) is 0. The molecule has 9 rings (SSSR count). The monoisotopic (exact) mass is 638 g/mol. The molecule has 0 saturated heterocycles. The molecular formula is C46H30N4. The minimum Gasteiger partial charge on any atom is -0.264 e. The average Bonchev–Trinajstić information content (AvgIpc) is 3.21. The highest BCUT2D eigenvalue weighted by Crippen LogP contribution is 2.44. The third-order valence-corrected chi connectivity index (χ3v) is 9.21. The molecule has 2 aromatic heterocycles. The molecular weight excluding hydrogens is 609 g/mol. The van der Waals surface area contributed by atoms with Crippen molar-refractivity contribution in [1.82, 2.24) is 19.9 Å². The molecule has 0 radical (unpaired) electrons. The van der Waals surface area contributed by atoms with Crippen LogP contribution in [0.15, 0.2) is 182 Å². The van der Waals surface area contributed by atoms with Gasteiger partial charge in [-0.25, -0.2) is 15.0 Å². The van der Waals surface area contributed by atoms with E-state index in [-0.39, 0.29) is 0 Å². The lowest BCUT2D eigenvalue weighted by molar-refractivity contribution is 1.07. The van der Waals surface area contributed by atoms with Crippen LogP contribution in [-0.4, -0.2) is 19.9 Å². The lowest BCUT2D eigenvalue weighted by Crippen LogP contribution is -2.00. The van der Waals surface area contributed by atoms with Gasteiger partial charge < -0.3 is 0 Å². The lowest BCUT2D eigenvalue weighted by atomic mass is 9.86. The molecule has 7 aromatic carbocycles. The highest BCUT2D eigenvalue weighted by molar-refractivity contribution is 6.21. The first-order valence-corrected chi connectivity index (χ1v) is 16.7. The van der Waals surface area contributed by atoms with Gasteiger partial charge in [0.05, 0.1) is 0 Å². The summed E-state index contributed by atoms with van der Waals surface area (Å²) in [6.07, 6.45) is 3.77. The van der Waals surface area contributed by atoms with Crippen molar-refractivity contribution < 1.29 is 0 Å². The van der Waals surface area contributed by atoms with Gasteiger partial charge in [-0.05, 0) is 61.5 Å². The van der Waals surface area contributed by atoms with Crippen molar-refractivity contribution >= 4 is 21.5 Å². The van der Waals surface area contributed by atoms with Crippen molar-refractivity contribution in [2.75, 3.05) is 0 Å². The van der Waals surface area contributed by atoms with Gasteiger partial charge in [0.25, 0.3) is 0 Å².